The Morgan fingerprint density at radius 3 is 1.82 bits per heavy atom. The average molecular weight is 370 g/mol. The van der Waals surface area contributed by atoms with Gasteiger partial charge in [-0.2, -0.15) is 0 Å². The van der Waals surface area contributed by atoms with Crippen molar-refractivity contribution in [2.24, 2.45) is 0 Å². The van der Waals surface area contributed by atoms with Gasteiger partial charge < -0.3 is 0 Å². The molecule has 0 radical (unpaired) electrons. The van der Waals surface area contributed by atoms with Crippen LogP contribution in [0.1, 0.15) is 20.3 Å². The molecule has 0 amide bonds. The van der Waals surface area contributed by atoms with Crippen LogP contribution in [0.4, 0.5) is 0 Å². The number of allylic oxidation sites excluding steroid dienone is 4. The molecule has 1 aliphatic rings. The standard InChI is InChI=1S/2C6H5.C5H5.C3H7O.Zr/c2*1-2-4-6-5-3-1;1-2-4-5-3-1;1-3(2)4;/h2*1-5H;1-3H,4H2;3H,1-2H3;/q;;;-1;+1. The van der Waals surface area contributed by atoms with Crippen molar-refractivity contribution in [3.8, 4) is 0 Å². The van der Waals surface area contributed by atoms with Crippen molar-refractivity contribution in [3.63, 3.8) is 0 Å². The van der Waals surface area contributed by atoms with Crippen LogP contribution < -0.4 is 6.54 Å². The molecule has 112 valence electrons. The van der Waals surface area contributed by atoms with E-state index in [1.165, 1.54) is 9.82 Å². The van der Waals surface area contributed by atoms with Crippen molar-refractivity contribution < 1.29 is 23.5 Å². The first kappa shape index (κ1) is 15.7. The van der Waals surface area contributed by atoms with Crippen LogP contribution in [0.25, 0.3) is 0 Å². The molecule has 0 unspecified atom stereocenters. The molecule has 0 bridgehead atoms. The van der Waals surface area contributed by atoms with Gasteiger partial charge in [0.1, 0.15) is 0 Å². The summed E-state index contributed by atoms with van der Waals surface area (Å²) in [5, 5.41) is 0. The fourth-order valence-corrected chi connectivity index (χ4v) is 13.6. The third-order valence-electron chi connectivity index (χ3n) is 4.00. The molecular formula is C20H22OZr. The molecule has 0 saturated carbocycles. The maximum atomic E-state index is 6.80. The fourth-order valence-electron chi connectivity index (χ4n) is 3.16. The van der Waals surface area contributed by atoms with Crippen molar-refractivity contribution in [1.29, 1.82) is 0 Å². The summed E-state index contributed by atoms with van der Waals surface area (Å²) >= 11 is -3.33. The monoisotopic (exact) mass is 368 g/mol. The number of hydrogen-bond donors (Lipinski definition) is 0. The van der Waals surface area contributed by atoms with E-state index < -0.39 is 20.7 Å². The SMILES string of the molecule is CC(C)[O][Zr]([C]1=CC=CC1)([c]1ccccc1)[c]1ccccc1. The van der Waals surface area contributed by atoms with Crippen molar-refractivity contribution >= 4 is 6.54 Å². The zero-order chi connectivity index (χ0) is 15.4. The van der Waals surface area contributed by atoms with E-state index in [9.17, 15) is 0 Å². The first-order chi connectivity index (χ1) is 10.7. The van der Waals surface area contributed by atoms with Gasteiger partial charge in [0.15, 0.2) is 0 Å². The number of rotatable bonds is 5. The Labute approximate surface area is 138 Å². The molecule has 0 atom stereocenters. The summed E-state index contributed by atoms with van der Waals surface area (Å²) in [6, 6.07) is 21.7. The van der Waals surface area contributed by atoms with Gasteiger partial charge in [-0.3, -0.25) is 0 Å². The Morgan fingerprint density at radius 1 is 0.864 bits per heavy atom. The van der Waals surface area contributed by atoms with Gasteiger partial charge in [-0.25, -0.2) is 0 Å². The second kappa shape index (κ2) is 6.90. The normalized spacial score (nSPS) is 14.4. The van der Waals surface area contributed by atoms with Gasteiger partial charge in [0.05, 0.1) is 0 Å². The Hall–Kier alpha value is -1.24. The van der Waals surface area contributed by atoms with Gasteiger partial charge in [0.25, 0.3) is 0 Å². The molecule has 0 fully saturated rings. The summed E-state index contributed by atoms with van der Waals surface area (Å²) in [5.74, 6) is 0. The molecule has 0 spiro atoms. The van der Waals surface area contributed by atoms with Crippen LogP contribution in [0.2, 0.25) is 0 Å². The van der Waals surface area contributed by atoms with E-state index in [0.717, 1.165) is 6.42 Å². The van der Waals surface area contributed by atoms with Crippen molar-refractivity contribution in [1.82, 2.24) is 0 Å². The molecule has 0 N–H and O–H groups in total. The molecule has 1 nitrogen and oxygen atoms in total. The molecule has 3 rings (SSSR count). The van der Waals surface area contributed by atoms with E-state index in [1.54, 1.807) is 0 Å². The van der Waals surface area contributed by atoms with Crippen LogP contribution in [0.3, 0.4) is 0 Å². The maximum absolute atomic E-state index is 6.80. The van der Waals surface area contributed by atoms with E-state index in [2.05, 4.69) is 92.7 Å². The first-order valence-corrected chi connectivity index (χ1v) is 12.6. The van der Waals surface area contributed by atoms with Gasteiger partial charge in [0.2, 0.25) is 0 Å². The molecular weight excluding hydrogens is 347 g/mol. The quantitative estimate of drug-likeness (QED) is 0.775. The van der Waals surface area contributed by atoms with E-state index in [-0.39, 0.29) is 6.10 Å². The molecule has 2 aromatic rings. The van der Waals surface area contributed by atoms with Crippen LogP contribution in [-0.2, 0) is 23.5 Å². The van der Waals surface area contributed by atoms with Gasteiger partial charge in [0, 0.05) is 0 Å². The van der Waals surface area contributed by atoms with Crippen molar-refractivity contribution in [2.75, 3.05) is 0 Å². The summed E-state index contributed by atoms with van der Waals surface area (Å²) in [6.45, 7) is 4.31. The molecule has 0 aliphatic heterocycles. The predicted molar refractivity (Wildman–Crippen MR) is 90.2 cm³/mol. The zero-order valence-electron chi connectivity index (χ0n) is 13.2. The number of benzene rings is 2. The van der Waals surface area contributed by atoms with E-state index in [0.29, 0.717) is 0 Å². The molecule has 0 heterocycles. The van der Waals surface area contributed by atoms with Crippen LogP contribution in [0, 0.1) is 0 Å². The first-order valence-electron chi connectivity index (χ1n) is 7.88. The molecule has 2 heteroatoms. The molecule has 0 saturated heterocycles. The van der Waals surface area contributed by atoms with Crippen LogP contribution in [-0.4, -0.2) is 6.10 Å². The second-order valence-corrected chi connectivity index (χ2v) is 14.2. The molecule has 22 heavy (non-hydrogen) atoms. The van der Waals surface area contributed by atoms with E-state index in [4.69, 9.17) is 2.81 Å². The third-order valence-corrected chi connectivity index (χ3v) is 14.8. The Morgan fingerprint density at radius 2 is 1.41 bits per heavy atom. The minimum absolute atomic E-state index is 0.220. The van der Waals surface area contributed by atoms with E-state index in [1.807, 2.05) is 0 Å². The van der Waals surface area contributed by atoms with Crippen molar-refractivity contribution in [3.05, 3.63) is 82.2 Å². The minimum atomic E-state index is -3.33. The summed E-state index contributed by atoms with van der Waals surface area (Å²) in [6.07, 6.45) is 7.95. The second-order valence-electron chi connectivity index (χ2n) is 5.90. The summed E-state index contributed by atoms with van der Waals surface area (Å²) in [7, 11) is 0. The van der Waals surface area contributed by atoms with Gasteiger partial charge in [-0.05, 0) is 0 Å². The third kappa shape index (κ3) is 2.95. The summed E-state index contributed by atoms with van der Waals surface area (Å²) in [5.41, 5.74) is 0. The van der Waals surface area contributed by atoms with Crippen LogP contribution >= 0.6 is 0 Å². The zero-order valence-corrected chi connectivity index (χ0v) is 15.7. The predicted octanol–water partition coefficient (Wildman–Crippen LogP) is 3.98. The van der Waals surface area contributed by atoms with Gasteiger partial charge in [-0.1, -0.05) is 0 Å². The Bertz CT molecular complexity index is 632. The Kier molecular flexibility index (Phi) is 4.91. The van der Waals surface area contributed by atoms with Gasteiger partial charge in [-0.15, -0.1) is 0 Å². The van der Waals surface area contributed by atoms with Crippen LogP contribution in [0.5, 0.6) is 0 Å². The molecule has 1 aliphatic carbocycles. The summed E-state index contributed by atoms with van der Waals surface area (Å²) < 4.78 is 11.1. The topological polar surface area (TPSA) is 9.23 Å². The Balaban J connectivity index is 2.23. The molecule has 2 aromatic carbocycles. The number of hydrogen-bond acceptors (Lipinski definition) is 1. The average Bonchev–Trinajstić information content (AvgIpc) is 3.09. The van der Waals surface area contributed by atoms with Gasteiger partial charge >= 0.3 is 139 Å². The molecule has 0 aromatic heterocycles. The van der Waals surface area contributed by atoms with E-state index >= 15 is 0 Å². The van der Waals surface area contributed by atoms with Crippen molar-refractivity contribution in [2.45, 2.75) is 26.4 Å². The van der Waals surface area contributed by atoms with Crippen LogP contribution in [0.15, 0.2) is 82.2 Å². The fraction of sp³-hybridized carbons (Fsp3) is 0.200. The summed E-state index contributed by atoms with van der Waals surface area (Å²) in [4.78, 5) is 0.